The molecule has 0 amide bonds. The predicted octanol–water partition coefficient (Wildman–Crippen LogP) is 3.40. The van der Waals surface area contributed by atoms with Crippen LogP contribution in [0, 0.1) is 5.41 Å². The van der Waals surface area contributed by atoms with Crippen molar-refractivity contribution < 1.29 is 23.1 Å². The molecule has 3 nitrogen and oxygen atoms in total. The van der Waals surface area contributed by atoms with Gasteiger partial charge in [-0.05, 0) is 31.9 Å². The van der Waals surface area contributed by atoms with Gasteiger partial charge in [0.15, 0.2) is 0 Å². The van der Waals surface area contributed by atoms with Crippen molar-refractivity contribution in [2.24, 2.45) is 5.41 Å². The number of carboxylic acid groups (broad SMARTS) is 1. The first-order valence-corrected chi connectivity index (χ1v) is 6.39. The Hall–Kier alpha value is -1.72. The second-order valence-electron chi connectivity index (χ2n) is 5.41. The molecule has 0 aromatic heterocycles. The summed E-state index contributed by atoms with van der Waals surface area (Å²) in [7, 11) is 0. The predicted molar refractivity (Wildman–Crippen MR) is 68.6 cm³/mol. The van der Waals surface area contributed by atoms with E-state index in [0.29, 0.717) is 19.4 Å². The van der Waals surface area contributed by atoms with E-state index in [9.17, 15) is 23.1 Å². The van der Waals surface area contributed by atoms with Crippen LogP contribution in [0.5, 0.6) is 0 Å². The maximum absolute atomic E-state index is 13.0. The Morgan fingerprint density at radius 1 is 1.35 bits per heavy atom. The molecule has 0 radical (unpaired) electrons. The number of anilines is 1. The Morgan fingerprint density at radius 2 is 2.00 bits per heavy atom. The fourth-order valence-corrected chi connectivity index (χ4v) is 2.61. The van der Waals surface area contributed by atoms with Crippen molar-refractivity contribution in [3.05, 3.63) is 29.8 Å². The van der Waals surface area contributed by atoms with Gasteiger partial charge in [0.2, 0.25) is 0 Å². The molecule has 1 aromatic carbocycles. The number of halogens is 3. The number of carboxylic acids is 1. The lowest BCUT2D eigenvalue weighted by Crippen LogP contribution is -2.46. The molecule has 1 heterocycles. The Labute approximate surface area is 115 Å². The zero-order chi connectivity index (χ0) is 15.0. The minimum absolute atomic E-state index is 0.0622. The summed E-state index contributed by atoms with van der Waals surface area (Å²) in [5.41, 5.74) is -1.65. The van der Waals surface area contributed by atoms with Gasteiger partial charge in [-0.25, -0.2) is 0 Å². The lowest BCUT2D eigenvalue weighted by atomic mass is 9.81. The average Bonchev–Trinajstić information content (AvgIpc) is 2.37. The molecule has 1 fully saturated rings. The molecule has 1 N–H and O–H groups in total. The van der Waals surface area contributed by atoms with Gasteiger partial charge in [0, 0.05) is 18.8 Å². The van der Waals surface area contributed by atoms with Crippen LogP contribution in [0.2, 0.25) is 0 Å². The summed E-state index contributed by atoms with van der Waals surface area (Å²) < 4.78 is 39.0. The molecule has 1 saturated heterocycles. The number of rotatable bonds is 2. The summed E-state index contributed by atoms with van der Waals surface area (Å²) in [6.45, 7) is 2.11. The van der Waals surface area contributed by atoms with Crippen LogP contribution in [0.4, 0.5) is 18.9 Å². The second-order valence-corrected chi connectivity index (χ2v) is 5.41. The molecule has 110 valence electrons. The molecule has 1 aliphatic rings. The highest BCUT2D eigenvalue weighted by atomic mass is 19.4. The molecule has 0 bridgehead atoms. The van der Waals surface area contributed by atoms with Crippen LogP contribution in [0.25, 0.3) is 0 Å². The Balaban J connectivity index is 2.35. The van der Waals surface area contributed by atoms with Crippen molar-refractivity contribution in [2.75, 3.05) is 18.0 Å². The molecule has 1 atom stereocenters. The van der Waals surface area contributed by atoms with Crippen molar-refractivity contribution >= 4 is 11.7 Å². The smallest absolute Gasteiger partial charge is 0.418 e. The number of hydrogen-bond donors (Lipinski definition) is 1. The summed E-state index contributed by atoms with van der Waals surface area (Å²) in [4.78, 5) is 12.8. The summed E-state index contributed by atoms with van der Waals surface area (Å²) >= 11 is 0. The van der Waals surface area contributed by atoms with Gasteiger partial charge in [0.1, 0.15) is 0 Å². The highest BCUT2D eigenvalue weighted by Crippen LogP contribution is 2.39. The highest BCUT2D eigenvalue weighted by molar-refractivity contribution is 5.75. The molecule has 1 aromatic rings. The molecule has 1 unspecified atom stereocenters. The second kappa shape index (κ2) is 5.00. The van der Waals surface area contributed by atoms with Crippen molar-refractivity contribution in [3.63, 3.8) is 0 Å². The standard InChI is InChI=1S/C14H16F3NO2/c1-13(12(19)20)7-4-8-18(9-13)11-6-3-2-5-10(11)14(15,16)17/h2-3,5-6H,4,7-9H2,1H3,(H,19,20). The fraction of sp³-hybridized carbons (Fsp3) is 0.500. The van der Waals surface area contributed by atoms with Crippen LogP contribution in [-0.4, -0.2) is 24.2 Å². The normalized spacial score (nSPS) is 23.7. The summed E-state index contributed by atoms with van der Waals surface area (Å²) in [6.07, 6.45) is -3.39. The first-order chi connectivity index (χ1) is 9.24. The molecule has 20 heavy (non-hydrogen) atoms. The van der Waals surface area contributed by atoms with Crippen LogP contribution in [0.1, 0.15) is 25.3 Å². The van der Waals surface area contributed by atoms with Gasteiger partial charge in [0.05, 0.1) is 11.0 Å². The third-order valence-corrected chi connectivity index (χ3v) is 3.76. The van der Waals surface area contributed by atoms with E-state index in [0.717, 1.165) is 6.07 Å². The number of carbonyl (C=O) groups is 1. The molecule has 0 spiro atoms. The maximum atomic E-state index is 13.0. The van der Waals surface area contributed by atoms with Gasteiger partial charge in [-0.2, -0.15) is 13.2 Å². The van der Waals surface area contributed by atoms with E-state index in [1.165, 1.54) is 23.1 Å². The van der Waals surface area contributed by atoms with Gasteiger partial charge in [-0.1, -0.05) is 12.1 Å². The van der Waals surface area contributed by atoms with Crippen LogP contribution in [0.3, 0.4) is 0 Å². The number of aliphatic carboxylic acids is 1. The minimum atomic E-state index is -4.44. The Kier molecular flexibility index (Phi) is 3.67. The third kappa shape index (κ3) is 2.73. The molecular weight excluding hydrogens is 271 g/mol. The molecule has 1 aliphatic heterocycles. The maximum Gasteiger partial charge on any atom is 0.418 e. The SMILES string of the molecule is CC1(C(=O)O)CCCN(c2ccccc2C(F)(F)F)C1. The van der Waals surface area contributed by atoms with Gasteiger partial charge in [0.25, 0.3) is 0 Å². The topological polar surface area (TPSA) is 40.5 Å². The first kappa shape index (κ1) is 14.7. The number of alkyl halides is 3. The molecule has 0 aliphatic carbocycles. The number of piperidine rings is 1. The van der Waals surface area contributed by atoms with Crippen LogP contribution < -0.4 is 4.90 Å². The van der Waals surface area contributed by atoms with Gasteiger partial charge < -0.3 is 10.0 Å². The number of para-hydroxylation sites is 1. The Bertz CT molecular complexity index is 515. The van der Waals surface area contributed by atoms with Crippen LogP contribution >= 0.6 is 0 Å². The van der Waals surface area contributed by atoms with E-state index in [1.807, 2.05) is 0 Å². The van der Waals surface area contributed by atoms with E-state index < -0.39 is 23.1 Å². The van der Waals surface area contributed by atoms with Crippen molar-refractivity contribution in [3.8, 4) is 0 Å². The Morgan fingerprint density at radius 3 is 2.60 bits per heavy atom. The zero-order valence-electron chi connectivity index (χ0n) is 11.1. The summed E-state index contributed by atoms with van der Waals surface area (Å²) in [6, 6.07) is 5.31. The van der Waals surface area contributed by atoms with E-state index in [4.69, 9.17) is 0 Å². The van der Waals surface area contributed by atoms with Crippen molar-refractivity contribution in [1.29, 1.82) is 0 Å². The van der Waals surface area contributed by atoms with E-state index in [1.54, 1.807) is 6.92 Å². The van der Waals surface area contributed by atoms with Crippen LogP contribution in [-0.2, 0) is 11.0 Å². The lowest BCUT2D eigenvalue weighted by Gasteiger charge is -2.39. The minimum Gasteiger partial charge on any atom is -0.481 e. The van der Waals surface area contributed by atoms with Crippen LogP contribution in [0.15, 0.2) is 24.3 Å². The average molecular weight is 287 g/mol. The number of benzene rings is 1. The quantitative estimate of drug-likeness (QED) is 0.906. The van der Waals surface area contributed by atoms with E-state index >= 15 is 0 Å². The van der Waals surface area contributed by atoms with Crippen molar-refractivity contribution in [1.82, 2.24) is 0 Å². The lowest BCUT2D eigenvalue weighted by molar-refractivity contribution is -0.148. The molecule has 2 rings (SSSR count). The summed E-state index contributed by atoms with van der Waals surface area (Å²) in [5, 5.41) is 9.24. The fourth-order valence-electron chi connectivity index (χ4n) is 2.61. The van der Waals surface area contributed by atoms with Gasteiger partial charge in [-0.3, -0.25) is 4.79 Å². The molecular formula is C14H16F3NO2. The zero-order valence-corrected chi connectivity index (χ0v) is 11.1. The highest BCUT2D eigenvalue weighted by Gasteiger charge is 2.41. The van der Waals surface area contributed by atoms with Gasteiger partial charge >= 0.3 is 12.1 Å². The molecule has 0 saturated carbocycles. The number of hydrogen-bond acceptors (Lipinski definition) is 2. The van der Waals surface area contributed by atoms with E-state index in [2.05, 4.69) is 0 Å². The van der Waals surface area contributed by atoms with Gasteiger partial charge in [-0.15, -0.1) is 0 Å². The third-order valence-electron chi connectivity index (χ3n) is 3.76. The largest absolute Gasteiger partial charge is 0.481 e. The summed E-state index contributed by atoms with van der Waals surface area (Å²) in [5.74, 6) is -0.966. The monoisotopic (exact) mass is 287 g/mol. The number of nitrogens with zero attached hydrogens (tertiary/aromatic N) is 1. The van der Waals surface area contributed by atoms with Crippen molar-refractivity contribution in [2.45, 2.75) is 25.9 Å². The molecule has 6 heteroatoms. The van der Waals surface area contributed by atoms with E-state index in [-0.39, 0.29) is 12.2 Å². The first-order valence-electron chi connectivity index (χ1n) is 6.39.